The zero-order chi connectivity index (χ0) is 15.5. The third-order valence-corrected chi connectivity index (χ3v) is 4.19. The number of hydrogen-bond acceptors (Lipinski definition) is 4. The number of nitrogens with zero attached hydrogens (tertiary/aromatic N) is 1. The fraction of sp³-hybridized carbons (Fsp3) is 0.923. The van der Waals surface area contributed by atoms with Gasteiger partial charge in [0.25, 0.3) is 0 Å². The number of sulfonamides is 1. The van der Waals surface area contributed by atoms with E-state index in [0.717, 1.165) is 6.26 Å². The van der Waals surface area contributed by atoms with Gasteiger partial charge in [0.1, 0.15) is 6.04 Å². The van der Waals surface area contributed by atoms with Gasteiger partial charge < -0.3 is 10.0 Å². The molecule has 0 aromatic heterocycles. The molecule has 1 saturated carbocycles. The lowest BCUT2D eigenvalue weighted by Gasteiger charge is -2.35. The Bertz CT molecular complexity index is 430. The van der Waals surface area contributed by atoms with Crippen LogP contribution in [-0.2, 0) is 14.8 Å². The normalized spacial score (nSPS) is 24.3. The summed E-state index contributed by atoms with van der Waals surface area (Å²) >= 11 is 0. The van der Waals surface area contributed by atoms with Gasteiger partial charge in [-0.25, -0.2) is 13.1 Å². The number of carbonyl (C=O) groups excluding carboxylic acids is 1. The highest BCUT2D eigenvalue weighted by atomic mass is 32.2. The first-order chi connectivity index (χ1) is 9.08. The molecule has 7 heteroatoms. The maximum atomic E-state index is 12.3. The molecule has 1 atom stereocenters. The summed E-state index contributed by atoms with van der Waals surface area (Å²) in [4.78, 5) is 13.9. The molecule has 1 aliphatic rings. The molecule has 0 saturated heterocycles. The summed E-state index contributed by atoms with van der Waals surface area (Å²) in [5.41, 5.74) is 0. The number of nitrogens with one attached hydrogen (secondary N) is 1. The molecule has 1 aliphatic carbocycles. The van der Waals surface area contributed by atoms with Crippen molar-refractivity contribution in [2.24, 2.45) is 11.8 Å². The molecule has 0 bridgehead atoms. The lowest BCUT2D eigenvalue weighted by molar-refractivity contribution is -0.133. The van der Waals surface area contributed by atoms with Crippen LogP contribution in [0.4, 0.5) is 0 Å². The lowest BCUT2D eigenvalue weighted by Crippen LogP contribution is -2.49. The molecule has 1 rings (SSSR count). The van der Waals surface area contributed by atoms with E-state index in [-0.39, 0.29) is 17.9 Å². The van der Waals surface area contributed by atoms with E-state index in [0.29, 0.717) is 31.7 Å². The third kappa shape index (κ3) is 5.76. The first-order valence-electron chi connectivity index (χ1n) is 6.98. The number of hydrogen-bond donors (Lipinski definition) is 2. The minimum absolute atomic E-state index is 0.203. The summed E-state index contributed by atoms with van der Waals surface area (Å²) in [7, 11) is -1.73. The van der Waals surface area contributed by atoms with Gasteiger partial charge in [-0.3, -0.25) is 4.79 Å². The summed E-state index contributed by atoms with van der Waals surface area (Å²) in [6, 6.07) is -0.708. The van der Waals surface area contributed by atoms with Crippen molar-refractivity contribution < 1.29 is 18.3 Å². The number of aliphatic hydroxyl groups excluding tert-OH is 1. The summed E-state index contributed by atoms with van der Waals surface area (Å²) in [6.07, 6.45) is 2.72. The largest absolute Gasteiger partial charge is 0.393 e. The van der Waals surface area contributed by atoms with Crippen molar-refractivity contribution >= 4 is 15.9 Å². The van der Waals surface area contributed by atoms with E-state index in [2.05, 4.69) is 4.72 Å². The predicted molar refractivity (Wildman–Crippen MR) is 77.6 cm³/mol. The van der Waals surface area contributed by atoms with Crippen molar-refractivity contribution in [3.8, 4) is 0 Å². The Morgan fingerprint density at radius 1 is 1.40 bits per heavy atom. The highest BCUT2D eigenvalue weighted by Gasteiger charge is 2.31. The van der Waals surface area contributed by atoms with Crippen molar-refractivity contribution in [2.45, 2.75) is 45.3 Å². The minimum Gasteiger partial charge on any atom is -0.393 e. The van der Waals surface area contributed by atoms with Gasteiger partial charge in [-0.15, -0.1) is 0 Å². The van der Waals surface area contributed by atoms with Crippen LogP contribution in [0.3, 0.4) is 0 Å². The molecule has 0 spiro atoms. The molecular formula is C13H26N2O4S. The summed E-state index contributed by atoms with van der Waals surface area (Å²) in [5.74, 6) is 0.333. The van der Waals surface area contributed by atoms with E-state index in [4.69, 9.17) is 0 Å². The fourth-order valence-corrected chi connectivity index (χ4v) is 3.24. The molecule has 2 N–H and O–H groups in total. The van der Waals surface area contributed by atoms with Crippen molar-refractivity contribution in [1.29, 1.82) is 0 Å². The number of rotatable bonds is 7. The molecule has 20 heavy (non-hydrogen) atoms. The monoisotopic (exact) mass is 306 g/mol. The predicted octanol–water partition coefficient (Wildman–Crippen LogP) is 0.180. The Kier molecular flexibility index (Phi) is 5.97. The SMILES string of the molecule is CC(C)CC(NS(C)(=O)=O)C(=O)N(C)CC1CC(O)C1. The van der Waals surface area contributed by atoms with Crippen LogP contribution in [0.25, 0.3) is 0 Å². The van der Waals surface area contributed by atoms with Crippen molar-refractivity contribution in [1.82, 2.24) is 9.62 Å². The number of aliphatic hydroxyl groups is 1. The number of amides is 1. The molecule has 1 unspecified atom stereocenters. The van der Waals surface area contributed by atoms with Crippen molar-refractivity contribution in [3.63, 3.8) is 0 Å². The quantitative estimate of drug-likeness (QED) is 0.702. The highest BCUT2D eigenvalue weighted by Crippen LogP contribution is 2.27. The second kappa shape index (κ2) is 6.87. The molecule has 0 heterocycles. The van der Waals surface area contributed by atoms with Gasteiger partial charge in [0.2, 0.25) is 15.9 Å². The molecule has 118 valence electrons. The second-order valence-electron chi connectivity index (χ2n) is 6.28. The smallest absolute Gasteiger partial charge is 0.240 e. The summed E-state index contributed by atoms with van der Waals surface area (Å²) in [6.45, 7) is 4.47. The first kappa shape index (κ1) is 17.4. The van der Waals surface area contributed by atoms with E-state index in [9.17, 15) is 18.3 Å². The minimum atomic E-state index is -3.41. The lowest BCUT2D eigenvalue weighted by atomic mass is 9.82. The molecule has 6 nitrogen and oxygen atoms in total. The standard InChI is InChI=1S/C13H26N2O4S/c1-9(2)5-12(14-20(4,18)19)13(17)15(3)8-10-6-11(16)7-10/h9-12,14,16H,5-8H2,1-4H3. The number of likely N-dealkylation sites (N-methyl/N-ethyl adjacent to an activating group) is 1. The van der Waals surface area contributed by atoms with Gasteiger partial charge in [-0.05, 0) is 31.1 Å². The topological polar surface area (TPSA) is 86.7 Å². The van der Waals surface area contributed by atoms with Gasteiger partial charge in [-0.2, -0.15) is 0 Å². The van der Waals surface area contributed by atoms with E-state index < -0.39 is 16.1 Å². The Balaban J connectivity index is 2.61. The van der Waals surface area contributed by atoms with Crippen LogP contribution in [0.15, 0.2) is 0 Å². The molecule has 0 aromatic rings. The Hall–Kier alpha value is -0.660. The molecule has 1 amide bonds. The maximum absolute atomic E-state index is 12.3. The van der Waals surface area contributed by atoms with E-state index in [1.54, 1.807) is 11.9 Å². The first-order valence-corrected chi connectivity index (χ1v) is 8.88. The van der Waals surface area contributed by atoms with Crippen LogP contribution in [0.1, 0.15) is 33.1 Å². The van der Waals surface area contributed by atoms with Crippen LogP contribution in [-0.4, -0.2) is 56.3 Å². The van der Waals surface area contributed by atoms with Gasteiger partial charge in [0, 0.05) is 13.6 Å². The summed E-state index contributed by atoms with van der Waals surface area (Å²) in [5, 5.41) is 9.26. The molecular weight excluding hydrogens is 280 g/mol. The molecule has 1 fully saturated rings. The van der Waals surface area contributed by atoms with E-state index in [1.807, 2.05) is 13.8 Å². The third-order valence-electron chi connectivity index (χ3n) is 3.48. The van der Waals surface area contributed by atoms with E-state index in [1.165, 1.54) is 0 Å². The van der Waals surface area contributed by atoms with Gasteiger partial charge >= 0.3 is 0 Å². The van der Waals surface area contributed by atoms with Gasteiger partial charge in [-0.1, -0.05) is 13.8 Å². The van der Waals surface area contributed by atoms with Crippen LogP contribution in [0, 0.1) is 11.8 Å². The highest BCUT2D eigenvalue weighted by molar-refractivity contribution is 7.88. The zero-order valence-electron chi connectivity index (χ0n) is 12.7. The van der Waals surface area contributed by atoms with Gasteiger partial charge in [0.15, 0.2) is 0 Å². The Labute approximate surface area is 121 Å². The maximum Gasteiger partial charge on any atom is 0.240 e. The molecule has 0 aliphatic heterocycles. The average molecular weight is 306 g/mol. The Morgan fingerprint density at radius 2 is 1.95 bits per heavy atom. The van der Waals surface area contributed by atoms with E-state index >= 15 is 0 Å². The van der Waals surface area contributed by atoms with Crippen LogP contribution < -0.4 is 4.72 Å². The van der Waals surface area contributed by atoms with Crippen LogP contribution in [0.2, 0.25) is 0 Å². The van der Waals surface area contributed by atoms with Crippen molar-refractivity contribution in [3.05, 3.63) is 0 Å². The zero-order valence-corrected chi connectivity index (χ0v) is 13.5. The number of carbonyl (C=O) groups is 1. The fourth-order valence-electron chi connectivity index (χ4n) is 2.52. The summed E-state index contributed by atoms with van der Waals surface area (Å²) < 4.78 is 25.2. The second-order valence-corrected chi connectivity index (χ2v) is 8.06. The van der Waals surface area contributed by atoms with Gasteiger partial charge in [0.05, 0.1) is 12.4 Å². The van der Waals surface area contributed by atoms with Crippen LogP contribution in [0.5, 0.6) is 0 Å². The average Bonchev–Trinajstić information content (AvgIpc) is 2.22. The van der Waals surface area contributed by atoms with Crippen LogP contribution >= 0.6 is 0 Å². The molecule has 0 aromatic carbocycles. The van der Waals surface area contributed by atoms with Crippen molar-refractivity contribution in [2.75, 3.05) is 19.8 Å². The molecule has 0 radical (unpaired) electrons. The Morgan fingerprint density at radius 3 is 2.35 bits per heavy atom.